The molecule has 1 amide bonds. The molecule has 0 aromatic carbocycles. The van der Waals surface area contributed by atoms with Crippen molar-refractivity contribution in [3.05, 3.63) is 23.0 Å². The molecule has 0 bridgehead atoms. The Morgan fingerprint density at radius 1 is 1.50 bits per heavy atom. The molecule has 4 nitrogen and oxygen atoms in total. The highest BCUT2D eigenvalue weighted by Crippen LogP contribution is 2.05. The number of amides is 1. The van der Waals surface area contributed by atoms with Gasteiger partial charge in [0.25, 0.3) is 5.91 Å². The second-order valence-corrected chi connectivity index (χ2v) is 4.60. The van der Waals surface area contributed by atoms with Crippen molar-refractivity contribution in [3.63, 3.8) is 0 Å². The molecule has 1 atom stereocenters. The molecule has 1 rings (SSSR count). The molecule has 1 unspecified atom stereocenters. The summed E-state index contributed by atoms with van der Waals surface area (Å²) in [6, 6.07) is 1.76. The van der Waals surface area contributed by atoms with Crippen molar-refractivity contribution in [1.82, 2.24) is 15.5 Å². The minimum absolute atomic E-state index is 0.0803. The lowest BCUT2D eigenvalue weighted by atomic mass is 10.1. The van der Waals surface area contributed by atoms with Gasteiger partial charge >= 0.3 is 0 Å². The van der Waals surface area contributed by atoms with Crippen LogP contribution in [0.1, 0.15) is 28.7 Å². The smallest absolute Gasteiger partial charge is 0.253 e. The quantitative estimate of drug-likeness (QED) is 0.859. The molecule has 0 aliphatic carbocycles. The molecule has 5 heteroatoms. The standard InChI is InChI=1S/C11H16BrN3O/c1-7(5-12)6-13-11(16)10-4-8(2)14-15-9(10)3/h4,7H,5-6H2,1-3H3,(H,13,16). The Kier molecular flexibility index (Phi) is 4.86. The van der Waals surface area contributed by atoms with Gasteiger partial charge in [-0.15, -0.1) is 0 Å². The summed E-state index contributed by atoms with van der Waals surface area (Å²) in [5, 5.41) is 11.6. The SMILES string of the molecule is Cc1cc(C(=O)NCC(C)CBr)c(C)nn1. The highest BCUT2D eigenvalue weighted by molar-refractivity contribution is 9.09. The lowest BCUT2D eigenvalue weighted by Crippen LogP contribution is -2.29. The van der Waals surface area contributed by atoms with Crippen molar-refractivity contribution in [2.75, 3.05) is 11.9 Å². The van der Waals surface area contributed by atoms with Crippen molar-refractivity contribution in [1.29, 1.82) is 0 Å². The number of hydrogen-bond donors (Lipinski definition) is 1. The van der Waals surface area contributed by atoms with Crippen molar-refractivity contribution in [2.45, 2.75) is 20.8 Å². The van der Waals surface area contributed by atoms with Crippen LogP contribution in [0.25, 0.3) is 0 Å². The van der Waals surface area contributed by atoms with Gasteiger partial charge in [-0.2, -0.15) is 10.2 Å². The maximum absolute atomic E-state index is 11.8. The van der Waals surface area contributed by atoms with E-state index < -0.39 is 0 Å². The van der Waals surface area contributed by atoms with Gasteiger partial charge < -0.3 is 5.32 Å². The lowest BCUT2D eigenvalue weighted by molar-refractivity contribution is 0.0948. The predicted molar refractivity (Wildman–Crippen MR) is 66.8 cm³/mol. The van der Waals surface area contributed by atoms with Crippen LogP contribution in [-0.4, -0.2) is 28.0 Å². The van der Waals surface area contributed by atoms with Gasteiger partial charge in [0.05, 0.1) is 17.0 Å². The number of rotatable bonds is 4. The number of carbonyl (C=O) groups is 1. The molecule has 1 heterocycles. The first kappa shape index (κ1) is 13.1. The summed E-state index contributed by atoms with van der Waals surface area (Å²) >= 11 is 3.37. The molecule has 1 aromatic rings. The third-order valence-electron chi connectivity index (χ3n) is 2.22. The van der Waals surface area contributed by atoms with Crippen LogP contribution < -0.4 is 5.32 Å². The Morgan fingerprint density at radius 3 is 2.81 bits per heavy atom. The van der Waals surface area contributed by atoms with Gasteiger partial charge in [-0.25, -0.2) is 0 Å². The zero-order chi connectivity index (χ0) is 12.1. The van der Waals surface area contributed by atoms with Crippen LogP contribution in [0.15, 0.2) is 6.07 Å². The first-order chi connectivity index (χ1) is 7.54. The van der Waals surface area contributed by atoms with E-state index in [9.17, 15) is 4.79 Å². The Morgan fingerprint density at radius 2 is 2.19 bits per heavy atom. The number of alkyl halides is 1. The maximum Gasteiger partial charge on any atom is 0.253 e. The van der Waals surface area contributed by atoms with E-state index in [1.807, 2.05) is 6.92 Å². The summed E-state index contributed by atoms with van der Waals surface area (Å²) in [6.45, 7) is 6.34. The number of hydrogen-bond acceptors (Lipinski definition) is 3. The van der Waals surface area contributed by atoms with E-state index in [0.29, 0.717) is 23.7 Å². The molecule has 0 fully saturated rings. The van der Waals surface area contributed by atoms with Gasteiger partial charge in [0.15, 0.2) is 0 Å². The molecule has 1 N–H and O–H groups in total. The highest BCUT2D eigenvalue weighted by atomic mass is 79.9. The first-order valence-electron chi connectivity index (χ1n) is 5.19. The van der Waals surface area contributed by atoms with Crippen LogP contribution in [-0.2, 0) is 0 Å². The number of halogens is 1. The molecule has 0 aliphatic rings. The number of aryl methyl sites for hydroxylation is 2. The summed E-state index contributed by atoms with van der Waals surface area (Å²) in [5.41, 5.74) is 2.02. The number of nitrogens with zero attached hydrogens (tertiary/aromatic N) is 2. The van der Waals surface area contributed by atoms with E-state index >= 15 is 0 Å². The van der Waals surface area contributed by atoms with Gasteiger partial charge in [0.1, 0.15) is 0 Å². The molecule has 0 saturated heterocycles. The molecule has 0 radical (unpaired) electrons. The number of nitrogens with one attached hydrogen (secondary N) is 1. The third-order valence-corrected chi connectivity index (χ3v) is 3.33. The maximum atomic E-state index is 11.8. The van der Waals surface area contributed by atoms with Crippen LogP contribution in [0.2, 0.25) is 0 Å². The summed E-state index contributed by atoms with van der Waals surface area (Å²) in [6.07, 6.45) is 0. The molecule has 16 heavy (non-hydrogen) atoms. The van der Waals surface area contributed by atoms with E-state index in [4.69, 9.17) is 0 Å². The second kappa shape index (κ2) is 5.94. The summed E-state index contributed by atoms with van der Waals surface area (Å²) in [7, 11) is 0. The minimum atomic E-state index is -0.0803. The average Bonchev–Trinajstić information content (AvgIpc) is 2.28. The highest BCUT2D eigenvalue weighted by Gasteiger charge is 2.11. The van der Waals surface area contributed by atoms with Crippen LogP contribution in [0.4, 0.5) is 0 Å². The Balaban J connectivity index is 2.69. The fourth-order valence-electron chi connectivity index (χ4n) is 1.20. The zero-order valence-corrected chi connectivity index (χ0v) is 11.3. The van der Waals surface area contributed by atoms with E-state index in [-0.39, 0.29) is 5.91 Å². The number of carbonyl (C=O) groups excluding carboxylic acids is 1. The van der Waals surface area contributed by atoms with Crippen LogP contribution in [0, 0.1) is 19.8 Å². The zero-order valence-electron chi connectivity index (χ0n) is 9.75. The van der Waals surface area contributed by atoms with Gasteiger partial charge in [-0.3, -0.25) is 4.79 Å². The first-order valence-corrected chi connectivity index (χ1v) is 6.31. The molecule has 0 aliphatic heterocycles. The topological polar surface area (TPSA) is 54.9 Å². The predicted octanol–water partition coefficient (Wildman–Crippen LogP) is 1.85. The fourth-order valence-corrected chi connectivity index (χ4v) is 1.43. The average molecular weight is 286 g/mol. The minimum Gasteiger partial charge on any atom is -0.352 e. The molecule has 0 saturated carbocycles. The van der Waals surface area contributed by atoms with Crippen LogP contribution in [0.5, 0.6) is 0 Å². The van der Waals surface area contributed by atoms with Crippen molar-refractivity contribution in [3.8, 4) is 0 Å². The van der Waals surface area contributed by atoms with E-state index in [0.717, 1.165) is 11.0 Å². The molecule has 0 spiro atoms. The van der Waals surface area contributed by atoms with E-state index in [2.05, 4.69) is 38.4 Å². The van der Waals surface area contributed by atoms with Crippen molar-refractivity contribution < 1.29 is 4.79 Å². The molecule has 88 valence electrons. The number of aromatic nitrogens is 2. The molecular weight excluding hydrogens is 270 g/mol. The van der Waals surface area contributed by atoms with Crippen LogP contribution >= 0.6 is 15.9 Å². The Labute approximate surface area is 104 Å². The monoisotopic (exact) mass is 285 g/mol. The van der Waals surface area contributed by atoms with E-state index in [1.54, 1.807) is 13.0 Å². The third kappa shape index (κ3) is 3.56. The lowest BCUT2D eigenvalue weighted by Gasteiger charge is -2.10. The normalized spacial score (nSPS) is 12.2. The molecular formula is C11H16BrN3O. The van der Waals surface area contributed by atoms with E-state index in [1.165, 1.54) is 0 Å². The summed E-state index contributed by atoms with van der Waals surface area (Å²) in [4.78, 5) is 11.8. The van der Waals surface area contributed by atoms with Crippen molar-refractivity contribution in [2.24, 2.45) is 5.92 Å². The van der Waals surface area contributed by atoms with Gasteiger partial charge in [-0.05, 0) is 25.8 Å². The second-order valence-electron chi connectivity index (χ2n) is 3.95. The van der Waals surface area contributed by atoms with Gasteiger partial charge in [0.2, 0.25) is 0 Å². The van der Waals surface area contributed by atoms with Gasteiger partial charge in [0, 0.05) is 11.9 Å². The van der Waals surface area contributed by atoms with Crippen molar-refractivity contribution >= 4 is 21.8 Å². The Hall–Kier alpha value is -0.970. The van der Waals surface area contributed by atoms with Crippen LogP contribution in [0.3, 0.4) is 0 Å². The van der Waals surface area contributed by atoms with Gasteiger partial charge in [-0.1, -0.05) is 22.9 Å². The molecule has 1 aromatic heterocycles. The Bertz CT molecular complexity index is 381. The fraction of sp³-hybridized carbons (Fsp3) is 0.545. The summed E-state index contributed by atoms with van der Waals surface area (Å²) in [5.74, 6) is 0.337. The largest absolute Gasteiger partial charge is 0.352 e. The summed E-state index contributed by atoms with van der Waals surface area (Å²) < 4.78 is 0.